The molecule has 0 radical (unpaired) electrons. The van der Waals surface area contributed by atoms with Gasteiger partial charge in [-0.3, -0.25) is 0 Å². The van der Waals surface area contributed by atoms with Crippen LogP contribution in [0.3, 0.4) is 0 Å². The predicted octanol–water partition coefficient (Wildman–Crippen LogP) is 3.73. The summed E-state index contributed by atoms with van der Waals surface area (Å²) in [5.74, 6) is -0.869. The predicted molar refractivity (Wildman–Crippen MR) is 66.2 cm³/mol. The highest BCUT2D eigenvalue weighted by molar-refractivity contribution is 7.13. The second kappa shape index (κ2) is 4.10. The maximum absolute atomic E-state index is 11.2. The summed E-state index contributed by atoms with van der Waals surface area (Å²) in [4.78, 5) is 12.2. The lowest BCUT2D eigenvalue weighted by Gasteiger charge is -2.06. The van der Waals surface area contributed by atoms with Crippen molar-refractivity contribution in [2.24, 2.45) is 0 Å². The molecule has 0 bridgehead atoms. The molecule has 0 amide bonds. The highest BCUT2D eigenvalue weighted by Crippen LogP contribution is 2.32. The lowest BCUT2D eigenvalue weighted by Crippen LogP contribution is -1.99. The Bertz CT molecular complexity index is 541. The summed E-state index contributed by atoms with van der Waals surface area (Å²) in [5, 5.41) is 11.2. The van der Waals surface area contributed by atoms with Crippen LogP contribution in [0.25, 0.3) is 10.4 Å². The first-order valence-corrected chi connectivity index (χ1v) is 5.86. The van der Waals surface area contributed by atoms with Gasteiger partial charge in [-0.15, -0.1) is 11.3 Å². The van der Waals surface area contributed by atoms with Crippen molar-refractivity contribution in [1.82, 2.24) is 0 Å². The Balaban J connectivity index is 2.65. The topological polar surface area (TPSA) is 37.3 Å². The lowest BCUT2D eigenvalue weighted by molar-refractivity contribution is 0.0697. The molecule has 0 spiro atoms. The summed E-state index contributed by atoms with van der Waals surface area (Å²) in [5.41, 5.74) is 3.28. The minimum absolute atomic E-state index is 0.380. The van der Waals surface area contributed by atoms with Crippen LogP contribution in [0.15, 0.2) is 29.6 Å². The molecule has 82 valence electrons. The minimum Gasteiger partial charge on any atom is -0.478 e. The van der Waals surface area contributed by atoms with Crippen LogP contribution in [-0.4, -0.2) is 11.1 Å². The molecule has 0 aliphatic heterocycles. The van der Waals surface area contributed by atoms with Crippen LogP contribution in [-0.2, 0) is 0 Å². The van der Waals surface area contributed by atoms with Gasteiger partial charge in [-0.25, -0.2) is 4.79 Å². The van der Waals surface area contributed by atoms with Crippen LogP contribution in [0.1, 0.15) is 21.5 Å². The zero-order chi connectivity index (χ0) is 11.7. The number of carbonyl (C=O) groups is 1. The first-order chi connectivity index (χ1) is 7.59. The average Bonchev–Trinajstić information content (AvgIpc) is 2.64. The van der Waals surface area contributed by atoms with Crippen molar-refractivity contribution in [2.75, 3.05) is 0 Å². The quantitative estimate of drug-likeness (QED) is 0.856. The molecule has 0 saturated heterocycles. The van der Waals surface area contributed by atoms with Gasteiger partial charge in [0.05, 0.1) is 5.56 Å². The summed E-state index contributed by atoms with van der Waals surface area (Å²) in [6.45, 7) is 3.90. The normalized spacial score (nSPS) is 10.4. The van der Waals surface area contributed by atoms with Crippen molar-refractivity contribution < 1.29 is 9.90 Å². The third kappa shape index (κ3) is 1.86. The number of aryl methyl sites for hydroxylation is 2. The highest BCUT2D eigenvalue weighted by Gasteiger charge is 2.14. The largest absolute Gasteiger partial charge is 0.478 e. The molecule has 1 N–H and O–H groups in total. The van der Waals surface area contributed by atoms with Crippen molar-refractivity contribution in [2.45, 2.75) is 13.8 Å². The van der Waals surface area contributed by atoms with Gasteiger partial charge in [-0.2, -0.15) is 0 Å². The van der Waals surface area contributed by atoms with Crippen LogP contribution in [0.5, 0.6) is 0 Å². The molecule has 0 fully saturated rings. The number of benzene rings is 1. The van der Waals surface area contributed by atoms with E-state index in [1.165, 1.54) is 0 Å². The zero-order valence-electron chi connectivity index (χ0n) is 9.15. The Morgan fingerprint density at radius 2 is 2.00 bits per heavy atom. The summed E-state index contributed by atoms with van der Waals surface area (Å²) >= 11 is 1.58. The van der Waals surface area contributed by atoms with E-state index < -0.39 is 5.97 Å². The molecule has 3 heteroatoms. The molecular formula is C13H12O2S. The Hall–Kier alpha value is -1.61. The molecule has 2 aromatic rings. The van der Waals surface area contributed by atoms with Gasteiger partial charge in [-0.05, 0) is 36.9 Å². The van der Waals surface area contributed by atoms with Gasteiger partial charge in [0.25, 0.3) is 0 Å². The molecule has 0 aliphatic carbocycles. The summed E-state index contributed by atoms with van der Waals surface area (Å²) in [7, 11) is 0. The summed E-state index contributed by atoms with van der Waals surface area (Å²) in [6, 6.07) is 7.56. The molecule has 0 aliphatic rings. The number of hydrogen-bond donors (Lipinski definition) is 1. The summed E-state index contributed by atoms with van der Waals surface area (Å²) in [6.07, 6.45) is 0. The Morgan fingerprint density at radius 3 is 2.56 bits per heavy atom. The van der Waals surface area contributed by atoms with E-state index in [-0.39, 0.29) is 0 Å². The van der Waals surface area contributed by atoms with Gasteiger partial charge in [0, 0.05) is 10.4 Å². The van der Waals surface area contributed by atoms with E-state index in [2.05, 4.69) is 0 Å². The zero-order valence-corrected chi connectivity index (χ0v) is 9.97. The molecule has 2 rings (SSSR count). The standard InChI is InChI=1S/C13H12O2S/c1-8-3-4-10(11(7-8)13(14)15)12-9(2)5-6-16-12/h3-7H,1-2H3,(H,14,15). The van der Waals surface area contributed by atoms with E-state index in [0.29, 0.717) is 5.56 Å². The smallest absolute Gasteiger partial charge is 0.336 e. The first-order valence-electron chi connectivity index (χ1n) is 4.98. The maximum atomic E-state index is 11.2. The van der Waals surface area contributed by atoms with E-state index in [1.54, 1.807) is 17.4 Å². The number of thiophene rings is 1. The van der Waals surface area contributed by atoms with Crippen LogP contribution in [0.2, 0.25) is 0 Å². The molecule has 0 atom stereocenters. The fourth-order valence-electron chi connectivity index (χ4n) is 1.68. The van der Waals surface area contributed by atoms with E-state index in [9.17, 15) is 9.90 Å². The van der Waals surface area contributed by atoms with Crippen LogP contribution in [0.4, 0.5) is 0 Å². The highest BCUT2D eigenvalue weighted by atomic mass is 32.1. The number of hydrogen-bond acceptors (Lipinski definition) is 2. The third-order valence-corrected chi connectivity index (χ3v) is 3.56. The van der Waals surface area contributed by atoms with E-state index >= 15 is 0 Å². The van der Waals surface area contributed by atoms with Crippen molar-refractivity contribution in [3.8, 4) is 10.4 Å². The molecule has 0 unspecified atom stereocenters. The monoisotopic (exact) mass is 232 g/mol. The Labute approximate surface area is 98.2 Å². The number of aromatic carboxylic acids is 1. The van der Waals surface area contributed by atoms with Crippen LogP contribution < -0.4 is 0 Å². The number of carboxylic acid groups (broad SMARTS) is 1. The number of rotatable bonds is 2. The molecule has 16 heavy (non-hydrogen) atoms. The van der Waals surface area contributed by atoms with Gasteiger partial charge in [0.15, 0.2) is 0 Å². The van der Waals surface area contributed by atoms with Crippen LogP contribution >= 0.6 is 11.3 Å². The molecule has 2 nitrogen and oxygen atoms in total. The van der Waals surface area contributed by atoms with E-state index in [4.69, 9.17) is 0 Å². The number of carboxylic acids is 1. The molecular weight excluding hydrogens is 220 g/mol. The van der Waals surface area contributed by atoms with Gasteiger partial charge < -0.3 is 5.11 Å². The fourth-order valence-corrected chi connectivity index (χ4v) is 2.65. The molecule has 0 saturated carbocycles. The SMILES string of the molecule is Cc1ccc(-c2sccc2C)c(C(=O)O)c1. The maximum Gasteiger partial charge on any atom is 0.336 e. The van der Waals surface area contributed by atoms with Crippen molar-refractivity contribution >= 4 is 17.3 Å². The van der Waals surface area contributed by atoms with Crippen molar-refractivity contribution in [3.63, 3.8) is 0 Å². The van der Waals surface area contributed by atoms with Crippen molar-refractivity contribution in [3.05, 3.63) is 46.3 Å². The first kappa shape index (κ1) is 10.9. The van der Waals surface area contributed by atoms with Gasteiger partial charge in [0.2, 0.25) is 0 Å². The third-order valence-electron chi connectivity index (χ3n) is 2.51. The summed E-state index contributed by atoms with van der Waals surface area (Å²) < 4.78 is 0. The Morgan fingerprint density at radius 1 is 1.25 bits per heavy atom. The Kier molecular flexibility index (Phi) is 2.79. The molecule has 1 aromatic heterocycles. The van der Waals surface area contributed by atoms with Crippen molar-refractivity contribution in [1.29, 1.82) is 0 Å². The average molecular weight is 232 g/mol. The van der Waals surface area contributed by atoms with Gasteiger partial charge >= 0.3 is 5.97 Å². The van der Waals surface area contributed by atoms with Crippen LogP contribution in [0, 0.1) is 13.8 Å². The minimum atomic E-state index is -0.869. The van der Waals surface area contributed by atoms with E-state index in [0.717, 1.165) is 21.6 Å². The van der Waals surface area contributed by atoms with Gasteiger partial charge in [-0.1, -0.05) is 17.7 Å². The second-order valence-corrected chi connectivity index (χ2v) is 4.70. The molecule has 1 aromatic carbocycles. The molecule has 1 heterocycles. The lowest BCUT2D eigenvalue weighted by atomic mass is 10.0. The fraction of sp³-hybridized carbons (Fsp3) is 0.154. The van der Waals surface area contributed by atoms with Gasteiger partial charge in [0.1, 0.15) is 0 Å². The van der Waals surface area contributed by atoms with E-state index in [1.807, 2.05) is 37.4 Å². The second-order valence-electron chi connectivity index (χ2n) is 3.79.